The Morgan fingerprint density at radius 1 is 1.10 bits per heavy atom. The average Bonchev–Trinajstić information content (AvgIpc) is 3.54. The van der Waals surface area contributed by atoms with Crippen molar-refractivity contribution in [2.75, 3.05) is 6.61 Å². The van der Waals surface area contributed by atoms with Crippen LogP contribution in [0.4, 0.5) is 0 Å². The minimum atomic E-state index is -0.334. The van der Waals surface area contributed by atoms with Gasteiger partial charge in [0.15, 0.2) is 0 Å². The highest BCUT2D eigenvalue weighted by Gasteiger charge is 2.60. The summed E-state index contributed by atoms with van der Waals surface area (Å²) in [6, 6.07) is 25.2. The summed E-state index contributed by atoms with van der Waals surface area (Å²) in [7, 11) is 0. The Labute approximate surface area is 176 Å². The fourth-order valence-corrected chi connectivity index (χ4v) is 3.99. The molecular weight excluding hydrogens is 376 g/mol. The number of nitrogens with zero attached hydrogens (tertiary/aromatic N) is 1. The van der Waals surface area contributed by atoms with Gasteiger partial charge in [-0.25, -0.2) is 5.43 Å². The SMILES string of the molecule is CCOc1ccc(O)c(C=NNC(=O)C2CC2(c2ccccc2)c2ccccc2)c1. The second-order valence-electron chi connectivity index (χ2n) is 7.35. The van der Waals surface area contributed by atoms with Crippen molar-refractivity contribution in [3.05, 3.63) is 95.6 Å². The van der Waals surface area contributed by atoms with Gasteiger partial charge < -0.3 is 9.84 Å². The molecule has 30 heavy (non-hydrogen) atoms. The van der Waals surface area contributed by atoms with Crippen LogP contribution in [0.15, 0.2) is 84.0 Å². The Balaban J connectivity index is 1.52. The standard InChI is InChI=1S/C25H24N2O3/c1-2-30-21-13-14-23(28)18(15-21)17-26-27-24(29)22-16-25(22,19-9-5-3-6-10-19)20-11-7-4-8-12-20/h3-15,17,22,28H,2,16H2,1H3,(H,27,29). The molecule has 3 aromatic rings. The molecule has 2 N–H and O–H groups in total. The first-order chi connectivity index (χ1) is 14.6. The van der Waals surface area contributed by atoms with Gasteiger partial charge in [0.2, 0.25) is 5.91 Å². The van der Waals surface area contributed by atoms with Crippen LogP contribution < -0.4 is 10.2 Å². The first-order valence-electron chi connectivity index (χ1n) is 10.0. The van der Waals surface area contributed by atoms with E-state index in [9.17, 15) is 9.90 Å². The maximum Gasteiger partial charge on any atom is 0.244 e. The maximum atomic E-state index is 12.9. The lowest BCUT2D eigenvalue weighted by molar-refractivity contribution is -0.122. The zero-order valence-corrected chi connectivity index (χ0v) is 16.8. The molecule has 152 valence electrons. The fraction of sp³-hybridized carbons (Fsp3) is 0.200. The van der Waals surface area contributed by atoms with E-state index in [0.29, 0.717) is 17.9 Å². The predicted molar refractivity (Wildman–Crippen MR) is 117 cm³/mol. The number of hydrazone groups is 1. The molecule has 1 aliphatic carbocycles. The van der Waals surface area contributed by atoms with Gasteiger partial charge in [-0.1, -0.05) is 60.7 Å². The lowest BCUT2D eigenvalue weighted by atomic mass is 9.85. The van der Waals surface area contributed by atoms with E-state index in [-0.39, 0.29) is 23.0 Å². The summed E-state index contributed by atoms with van der Waals surface area (Å²) in [4.78, 5) is 12.9. The number of nitrogens with one attached hydrogen (secondary N) is 1. The van der Waals surface area contributed by atoms with E-state index in [0.717, 1.165) is 17.5 Å². The Hall–Kier alpha value is -3.60. The lowest BCUT2D eigenvalue weighted by Crippen LogP contribution is -2.25. The number of amides is 1. The van der Waals surface area contributed by atoms with Gasteiger partial charge >= 0.3 is 0 Å². The van der Waals surface area contributed by atoms with Crippen molar-refractivity contribution in [3.8, 4) is 11.5 Å². The number of hydrogen-bond acceptors (Lipinski definition) is 4. The quantitative estimate of drug-likeness (QED) is 0.460. The van der Waals surface area contributed by atoms with Crippen LogP contribution in [0, 0.1) is 5.92 Å². The van der Waals surface area contributed by atoms with Crippen LogP contribution in [0.5, 0.6) is 11.5 Å². The minimum Gasteiger partial charge on any atom is -0.507 e. The summed E-state index contributed by atoms with van der Waals surface area (Å²) in [6.45, 7) is 2.42. The zero-order valence-electron chi connectivity index (χ0n) is 16.8. The number of benzene rings is 3. The van der Waals surface area contributed by atoms with Gasteiger partial charge in [0.1, 0.15) is 11.5 Å². The summed E-state index contributed by atoms with van der Waals surface area (Å²) < 4.78 is 5.44. The van der Waals surface area contributed by atoms with Gasteiger partial charge in [0, 0.05) is 11.0 Å². The first-order valence-corrected chi connectivity index (χ1v) is 10.0. The highest BCUT2D eigenvalue weighted by atomic mass is 16.5. The summed E-state index contributed by atoms with van der Waals surface area (Å²) >= 11 is 0. The number of aromatic hydroxyl groups is 1. The molecule has 5 heteroatoms. The van der Waals surface area contributed by atoms with Crippen molar-refractivity contribution in [1.29, 1.82) is 0 Å². The molecule has 0 bridgehead atoms. The fourth-order valence-electron chi connectivity index (χ4n) is 3.99. The van der Waals surface area contributed by atoms with Crippen LogP contribution in [0.1, 0.15) is 30.0 Å². The molecule has 0 saturated heterocycles. The highest BCUT2D eigenvalue weighted by molar-refractivity contribution is 5.88. The van der Waals surface area contributed by atoms with Crippen LogP contribution in [0.25, 0.3) is 0 Å². The second-order valence-corrected chi connectivity index (χ2v) is 7.35. The maximum absolute atomic E-state index is 12.9. The third-order valence-electron chi connectivity index (χ3n) is 5.54. The Bertz CT molecular complexity index is 1010. The number of phenolic OH excluding ortho intramolecular Hbond substituents is 1. The van der Waals surface area contributed by atoms with E-state index in [1.807, 2.05) is 43.3 Å². The summed E-state index contributed by atoms with van der Waals surface area (Å²) in [5.74, 6) is 0.366. The largest absolute Gasteiger partial charge is 0.507 e. The van der Waals surface area contributed by atoms with Crippen molar-refractivity contribution >= 4 is 12.1 Å². The molecule has 0 radical (unpaired) electrons. The molecule has 5 nitrogen and oxygen atoms in total. The van der Waals surface area contributed by atoms with Crippen molar-refractivity contribution in [2.24, 2.45) is 11.0 Å². The summed E-state index contributed by atoms with van der Waals surface area (Å²) in [5, 5.41) is 14.1. The van der Waals surface area contributed by atoms with Crippen LogP contribution in [0.3, 0.4) is 0 Å². The van der Waals surface area contributed by atoms with E-state index in [1.54, 1.807) is 18.2 Å². The smallest absolute Gasteiger partial charge is 0.244 e. The molecule has 3 aromatic carbocycles. The molecule has 1 fully saturated rings. The molecule has 4 rings (SSSR count). The Morgan fingerprint density at radius 2 is 1.73 bits per heavy atom. The van der Waals surface area contributed by atoms with Gasteiger partial charge in [0.05, 0.1) is 18.7 Å². The van der Waals surface area contributed by atoms with Crippen molar-refractivity contribution in [3.63, 3.8) is 0 Å². The van der Waals surface area contributed by atoms with E-state index < -0.39 is 0 Å². The first kappa shape index (κ1) is 19.7. The predicted octanol–water partition coefficient (Wildman–Crippen LogP) is 4.25. The molecular formula is C25H24N2O3. The third-order valence-corrected chi connectivity index (χ3v) is 5.54. The zero-order chi connectivity index (χ0) is 21.0. The van der Waals surface area contributed by atoms with Crippen molar-refractivity contribution < 1.29 is 14.6 Å². The van der Waals surface area contributed by atoms with Crippen LogP contribution in [0.2, 0.25) is 0 Å². The molecule has 1 aliphatic rings. The third kappa shape index (κ3) is 3.79. The van der Waals surface area contributed by atoms with Crippen LogP contribution >= 0.6 is 0 Å². The number of phenols is 1. The molecule has 0 aromatic heterocycles. The Kier molecular flexibility index (Phi) is 5.53. The van der Waals surface area contributed by atoms with Gasteiger partial charge in [0.25, 0.3) is 0 Å². The van der Waals surface area contributed by atoms with Crippen LogP contribution in [-0.2, 0) is 10.2 Å². The molecule has 0 spiro atoms. The molecule has 1 atom stereocenters. The number of carbonyl (C=O) groups excluding carboxylic acids is 1. The number of ether oxygens (including phenoxy) is 1. The van der Waals surface area contributed by atoms with E-state index in [1.165, 1.54) is 6.21 Å². The van der Waals surface area contributed by atoms with Crippen molar-refractivity contribution in [1.82, 2.24) is 5.43 Å². The number of hydrogen-bond donors (Lipinski definition) is 2. The van der Waals surface area contributed by atoms with Gasteiger partial charge in [-0.05, 0) is 42.7 Å². The summed E-state index contributed by atoms with van der Waals surface area (Å²) in [5.41, 5.74) is 5.05. The van der Waals surface area contributed by atoms with Gasteiger partial charge in [-0.3, -0.25) is 4.79 Å². The molecule has 0 aliphatic heterocycles. The number of carbonyl (C=O) groups is 1. The molecule has 1 saturated carbocycles. The average molecular weight is 400 g/mol. The monoisotopic (exact) mass is 400 g/mol. The minimum absolute atomic E-state index is 0.0748. The summed E-state index contributed by atoms with van der Waals surface area (Å²) in [6.07, 6.45) is 2.16. The van der Waals surface area contributed by atoms with Gasteiger partial charge in [-0.2, -0.15) is 5.10 Å². The molecule has 1 amide bonds. The lowest BCUT2D eigenvalue weighted by Gasteiger charge is -2.18. The van der Waals surface area contributed by atoms with E-state index in [4.69, 9.17) is 4.74 Å². The van der Waals surface area contributed by atoms with E-state index >= 15 is 0 Å². The topological polar surface area (TPSA) is 70.9 Å². The second kappa shape index (κ2) is 8.41. The van der Waals surface area contributed by atoms with Gasteiger partial charge in [-0.15, -0.1) is 0 Å². The van der Waals surface area contributed by atoms with Crippen LogP contribution in [-0.4, -0.2) is 23.8 Å². The highest BCUT2D eigenvalue weighted by Crippen LogP contribution is 2.58. The number of rotatable bonds is 7. The van der Waals surface area contributed by atoms with Crippen molar-refractivity contribution in [2.45, 2.75) is 18.8 Å². The normalized spacial score (nSPS) is 16.9. The van der Waals surface area contributed by atoms with E-state index in [2.05, 4.69) is 34.8 Å². The molecule has 1 unspecified atom stereocenters. The Morgan fingerprint density at radius 3 is 2.33 bits per heavy atom. The molecule has 0 heterocycles.